The van der Waals surface area contributed by atoms with E-state index in [0.717, 1.165) is 47.8 Å². The smallest absolute Gasteiger partial charge is 0.240 e. The van der Waals surface area contributed by atoms with Crippen LogP contribution in [0.25, 0.3) is 11.0 Å². The molecule has 8 heteroatoms. The van der Waals surface area contributed by atoms with Crippen LogP contribution >= 0.6 is 0 Å². The lowest BCUT2D eigenvalue weighted by Gasteiger charge is -2.13. The fourth-order valence-corrected chi connectivity index (χ4v) is 5.40. The van der Waals surface area contributed by atoms with Gasteiger partial charge in [-0.1, -0.05) is 30.1 Å². The highest BCUT2D eigenvalue weighted by molar-refractivity contribution is 7.89. The molecule has 2 N–H and O–H groups in total. The third kappa shape index (κ3) is 5.19. The standard InChI is InChI=1S/C24H29N3O4S/c1-16-13-21-22(26-31-23(21)14-17(16)2)15-24(28)25-12-11-18-7-9-20(10-8-18)32(29,30)27-19-5-3-4-6-19/h7-10,13-14,19,27H,3-6,11-12,15H2,1-2H3,(H,25,28). The summed E-state index contributed by atoms with van der Waals surface area (Å²) in [5.74, 6) is -0.126. The number of nitrogens with one attached hydrogen (secondary N) is 2. The third-order valence-corrected chi connectivity index (χ3v) is 7.67. The van der Waals surface area contributed by atoms with Crippen molar-refractivity contribution in [3.05, 3.63) is 58.8 Å². The normalized spacial score (nSPS) is 14.8. The second kappa shape index (κ2) is 9.42. The topological polar surface area (TPSA) is 101 Å². The molecule has 2 aromatic carbocycles. The highest BCUT2D eigenvalue weighted by Gasteiger charge is 2.22. The van der Waals surface area contributed by atoms with Gasteiger partial charge in [-0.05, 0) is 74.1 Å². The lowest BCUT2D eigenvalue weighted by molar-refractivity contribution is -0.120. The van der Waals surface area contributed by atoms with Crippen LogP contribution in [0.1, 0.15) is 48.1 Å². The highest BCUT2D eigenvalue weighted by Crippen LogP contribution is 2.23. The Bertz CT molecular complexity index is 1210. The zero-order valence-electron chi connectivity index (χ0n) is 18.5. The van der Waals surface area contributed by atoms with E-state index >= 15 is 0 Å². The van der Waals surface area contributed by atoms with Crippen LogP contribution in [-0.2, 0) is 27.7 Å². The number of aryl methyl sites for hydroxylation is 2. The maximum absolute atomic E-state index is 12.5. The first-order chi connectivity index (χ1) is 15.3. The van der Waals surface area contributed by atoms with E-state index in [1.807, 2.05) is 26.0 Å². The molecule has 3 aromatic rings. The molecule has 1 amide bonds. The first-order valence-electron chi connectivity index (χ1n) is 11.1. The number of benzene rings is 2. The van der Waals surface area contributed by atoms with Crippen molar-refractivity contribution in [2.24, 2.45) is 0 Å². The van der Waals surface area contributed by atoms with Crippen LogP contribution in [0.15, 0.2) is 45.8 Å². The van der Waals surface area contributed by atoms with Crippen LogP contribution in [0, 0.1) is 13.8 Å². The Kier molecular flexibility index (Phi) is 6.62. The van der Waals surface area contributed by atoms with Gasteiger partial charge in [-0.3, -0.25) is 4.79 Å². The molecule has 0 atom stereocenters. The summed E-state index contributed by atoms with van der Waals surface area (Å²) in [4.78, 5) is 12.6. The molecule has 7 nitrogen and oxygen atoms in total. The van der Waals surface area contributed by atoms with Crippen molar-refractivity contribution < 1.29 is 17.7 Å². The van der Waals surface area contributed by atoms with E-state index in [1.54, 1.807) is 24.3 Å². The molecule has 0 radical (unpaired) electrons. The summed E-state index contributed by atoms with van der Waals surface area (Å²) in [6.07, 6.45) is 4.72. The second-order valence-corrected chi connectivity index (χ2v) is 10.3. The molecule has 170 valence electrons. The van der Waals surface area contributed by atoms with Gasteiger partial charge in [0.1, 0.15) is 5.69 Å². The van der Waals surface area contributed by atoms with Gasteiger partial charge in [0, 0.05) is 18.0 Å². The summed E-state index contributed by atoms with van der Waals surface area (Å²) in [6, 6.07) is 10.8. The van der Waals surface area contributed by atoms with Crippen molar-refractivity contribution in [2.75, 3.05) is 6.54 Å². The number of hydrogen-bond acceptors (Lipinski definition) is 5. The molecule has 32 heavy (non-hydrogen) atoms. The number of rotatable bonds is 8. The van der Waals surface area contributed by atoms with Gasteiger partial charge in [-0.25, -0.2) is 13.1 Å². The molecule has 4 rings (SSSR count). The Morgan fingerprint density at radius 2 is 1.78 bits per heavy atom. The van der Waals surface area contributed by atoms with Gasteiger partial charge in [0.15, 0.2) is 5.58 Å². The lowest BCUT2D eigenvalue weighted by atomic mass is 10.1. The largest absolute Gasteiger partial charge is 0.356 e. The van der Waals surface area contributed by atoms with E-state index in [9.17, 15) is 13.2 Å². The highest BCUT2D eigenvalue weighted by atomic mass is 32.2. The van der Waals surface area contributed by atoms with Gasteiger partial charge < -0.3 is 9.84 Å². The predicted molar refractivity (Wildman–Crippen MR) is 123 cm³/mol. The van der Waals surface area contributed by atoms with Gasteiger partial charge in [0.2, 0.25) is 15.9 Å². The van der Waals surface area contributed by atoms with Gasteiger partial charge >= 0.3 is 0 Å². The van der Waals surface area contributed by atoms with Crippen molar-refractivity contribution in [1.82, 2.24) is 15.2 Å². The average molecular weight is 456 g/mol. The van der Waals surface area contributed by atoms with E-state index in [2.05, 4.69) is 15.2 Å². The minimum Gasteiger partial charge on any atom is -0.356 e. The summed E-state index contributed by atoms with van der Waals surface area (Å²) in [7, 11) is -3.48. The van der Waals surface area contributed by atoms with Gasteiger partial charge in [-0.2, -0.15) is 0 Å². The molecule has 1 heterocycles. The lowest BCUT2D eigenvalue weighted by Crippen LogP contribution is -2.32. The minimum atomic E-state index is -3.48. The molecule has 0 unspecified atom stereocenters. The van der Waals surface area contributed by atoms with E-state index < -0.39 is 10.0 Å². The zero-order chi connectivity index (χ0) is 22.7. The van der Waals surface area contributed by atoms with Crippen molar-refractivity contribution in [3.8, 4) is 0 Å². The van der Waals surface area contributed by atoms with Crippen LogP contribution < -0.4 is 10.0 Å². The summed E-state index contributed by atoms with van der Waals surface area (Å²) < 4.78 is 33.2. The first kappa shape index (κ1) is 22.5. The van der Waals surface area contributed by atoms with Crippen LogP contribution in [0.2, 0.25) is 0 Å². The molecule has 0 aliphatic heterocycles. The van der Waals surface area contributed by atoms with Crippen LogP contribution in [0.4, 0.5) is 0 Å². The SMILES string of the molecule is Cc1cc2onc(CC(=O)NCCc3ccc(S(=O)(=O)NC4CCCC4)cc3)c2cc1C. The molecule has 1 aliphatic rings. The van der Waals surface area contributed by atoms with E-state index in [4.69, 9.17) is 4.52 Å². The summed E-state index contributed by atoms with van der Waals surface area (Å²) in [6.45, 7) is 4.49. The quantitative estimate of drug-likeness (QED) is 0.541. The Morgan fingerprint density at radius 3 is 2.50 bits per heavy atom. The number of nitrogens with zero attached hydrogens (tertiary/aromatic N) is 1. The summed E-state index contributed by atoms with van der Waals surface area (Å²) in [5.41, 5.74) is 4.53. The second-order valence-electron chi connectivity index (χ2n) is 8.59. The molecule has 1 fully saturated rings. The Morgan fingerprint density at radius 1 is 1.09 bits per heavy atom. The van der Waals surface area contributed by atoms with E-state index in [-0.39, 0.29) is 23.3 Å². The molecule has 1 aliphatic carbocycles. The first-order valence-corrected chi connectivity index (χ1v) is 12.5. The summed E-state index contributed by atoms with van der Waals surface area (Å²) in [5, 5.41) is 7.82. The zero-order valence-corrected chi connectivity index (χ0v) is 19.3. The number of amides is 1. The number of sulfonamides is 1. The Balaban J connectivity index is 1.29. The van der Waals surface area contributed by atoms with Gasteiger partial charge in [-0.15, -0.1) is 0 Å². The van der Waals surface area contributed by atoms with Crippen molar-refractivity contribution >= 4 is 26.9 Å². The maximum atomic E-state index is 12.5. The van der Waals surface area contributed by atoms with Crippen molar-refractivity contribution in [3.63, 3.8) is 0 Å². The minimum absolute atomic E-state index is 0.0460. The van der Waals surface area contributed by atoms with Crippen molar-refractivity contribution in [2.45, 2.75) is 63.3 Å². The number of aromatic nitrogens is 1. The van der Waals surface area contributed by atoms with Gasteiger partial charge in [0.25, 0.3) is 0 Å². The molecular weight excluding hydrogens is 426 g/mol. The van der Waals surface area contributed by atoms with Gasteiger partial charge in [0.05, 0.1) is 11.3 Å². The van der Waals surface area contributed by atoms with Crippen LogP contribution in [0.5, 0.6) is 0 Å². The van der Waals surface area contributed by atoms with Crippen LogP contribution in [-0.4, -0.2) is 32.1 Å². The third-order valence-electron chi connectivity index (χ3n) is 6.14. The van der Waals surface area contributed by atoms with Crippen molar-refractivity contribution in [1.29, 1.82) is 0 Å². The number of fused-ring (bicyclic) bond motifs is 1. The fourth-order valence-electron chi connectivity index (χ4n) is 4.10. The van der Waals surface area contributed by atoms with E-state index in [0.29, 0.717) is 24.2 Å². The molecule has 0 saturated heterocycles. The Labute approximate surface area is 188 Å². The van der Waals surface area contributed by atoms with E-state index in [1.165, 1.54) is 0 Å². The summed E-state index contributed by atoms with van der Waals surface area (Å²) >= 11 is 0. The molecule has 0 spiro atoms. The molecular formula is C24H29N3O4S. The predicted octanol–water partition coefficient (Wildman–Crippen LogP) is 3.57. The average Bonchev–Trinajstić information content (AvgIpc) is 3.39. The number of hydrogen-bond donors (Lipinski definition) is 2. The molecule has 0 bridgehead atoms. The monoisotopic (exact) mass is 455 g/mol. The number of carbonyl (C=O) groups is 1. The molecule has 1 saturated carbocycles. The fraction of sp³-hybridized carbons (Fsp3) is 0.417. The maximum Gasteiger partial charge on any atom is 0.240 e. The molecule has 1 aromatic heterocycles. The number of carbonyl (C=O) groups excluding carboxylic acids is 1. The van der Waals surface area contributed by atoms with Crippen LogP contribution in [0.3, 0.4) is 0 Å². The Hall–Kier alpha value is -2.71.